The van der Waals surface area contributed by atoms with Crippen molar-refractivity contribution in [1.29, 1.82) is 0 Å². The summed E-state index contributed by atoms with van der Waals surface area (Å²) in [6.45, 7) is 0. The molecule has 2 heterocycles. The highest BCUT2D eigenvalue weighted by atomic mass is 19.3. The van der Waals surface area contributed by atoms with Crippen molar-refractivity contribution in [3.8, 4) is 5.75 Å². The molecule has 0 unspecified atom stereocenters. The van der Waals surface area contributed by atoms with Crippen LogP contribution in [-0.2, 0) is 0 Å². The van der Waals surface area contributed by atoms with Crippen molar-refractivity contribution >= 4 is 28.5 Å². The van der Waals surface area contributed by atoms with Gasteiger partial charge in [-0.3, -0.25) is 0 Å². The van der Waals surface area contributed by atoms with Gasteiger partial charge in [0.15, 0.2) is 5.82 Å². The Kier molecular flexibility index (Phi) is 6.21. The number of ether oxygens (including phenoxy) is 1. The first-order valence-corrected chi connectivity index (χ1v) is 9.94. The van der Waals surface area contributed by atoms with Crippen molar-refractivity contribution in [2.45, 2.75) is 50.4 Å². The number of benzene rings is 1. The first-order valence-electron chi connectivity index (χ1n) is 9.94. The minimum absolute atomic E-state index is 0.127. The highest BCUT2D eigenvalue weighted by molar-refractivity contribution is 5.87. The second kappa shape index (κ2) is 9.07. The third kappa shape index (κ3) is 5.13. The van der Waals surface area contributed by atoms with E-state index in [0.717, 1.165) is 25.0 Å². The highest BCUT2D eigenvalue weighted by Gasteiger charge is 2.44. The van der Waals surface area contributed by atoms with Crippen LogP contribution in [0.4, 0.5) is 35.0 Å². The van der Waals surface area contributed by atoms with Crippen LogP contribution in [0.15, 0.2) is 36.8 Å². The molecule has 4 rings (SSSR count). The lowest BCUT2D eigenvalue weighted by molar-refractivity contribution is -0.253. The van der Waals surface area contributed by atoms with E-state index in [1.807, 2.05) is 0 Å². The Bertz CT molecular complexity index is 1080. The molecule has 3 aromatic rings. The first-order chi connectivity index (χ1) is 15.3. The van der Waals surface area contributed by atoms with Crippen LogP contribution in [0.3, 0.4) is 0 Å². The normalized spacial score (nSPS) is 19.2. The van der Waals surface area contributed by atoms with Crippen LogP contribution in [-0.4, -0.2) is 49.7 Å². The quantitative estimate of drug-likeness (QED) is 0.460. The Morgan fingerprint density at radius 1 is 1.09 bits per heavy atom. The van der Waals surface area contributed by atoms with Gasteiger partial charge in [0, 0.05) is 17.8 Å². The summed E-state index contributed by atoms with van der Waals surface area (Å²) in [5, 5.41) is 15.8. The van der Waals surface area contributed by atoms with Gasteiger partial charge in [0.05, 0.1) is 12.3 Å². The van der Waals surface area contributed by atoms with E-state index in [4.69, 9.17) is 0 Å². The third-order valence-corrected chi connectivity index (χ3v) is 5.01. The summed E-state index contributed by atoms with van der Waals surface area (Å²) in [6, 6.07) is 5.34. The van der Waals surface area contributed by atoms with E-state index in [0.29, 0.717) is 29.8 Å². The van der Waals surface area contributed by atoms with Crippen LogP contribution >= 0.6 is 0 Å². The predicted molar refractivity (Wildman–Crippen MR) is 108 cm³/mol. The highest BCUT2D eigenvalue weighted by Crippen LogP contribution is 2.30. The molecule has 12 heteroatoms. The Hall–Kier alpha value is -3.28. The van der Waals surface area contributed by atoms with Crippen molar-refractivity contribution < 1.29 is 27.4 Å². The van der Waals surface area contributed by atoms with Gasteiger partial charge in [0.2, 0.25) is 5.95 Å². The standard InChI is InChI=1S/C20H20F4N6O2/c21-18(22)20(23,24)32-14-3-1-2-12(8-14)28-17-16-15(26-10-27-17)9-25-19(30-16)29-11-4-6-13(31)7-5-11/h1-3,8-11,13,18,31H,4-7H2,(H,25,29,30)(H,26,27,28). The SMILES string of the molecule is OC1CCC(Nc2ncc3ncnc(Nc4cccc(OC(F)(F)C(F)F)c4)c3n2)CC1. The molecule has 3 N–H and O–H groups in total. The molecule has 0 spiro atoms. The van der Waals surface area contributed by atoms with E-state index in [1.165, 1.54) is 24.7 Å². The topological polar surface area (TPSA) is 105 Å². The summed E-state index contributed by atoms with van der Waals surface area (Å²) in [5.41, 5.74) is 1.11. The summed E-state index contributed by atoms with van der Waals surface area (Å²) in [7, 11) is 0. The molecule has 170 valence electrons. The number of rotatable bonds is 7. The molecule has 8 nitrogen and oxygen atoms in total. The molecule has 1 aliphatic rings. The smallest absolute Gasteiger partial charge is 0.428 e. The van der Waals surface area contributed by atoms with Crippen LogP contribution in [0.2, 0.25) is 0 Å². The number of alkyl halides is 4. The molecule has 1 aliphatic carbocycles. The molecular weight excluding hydrogens is 432 g/mol. The fourth-order valence-electron chi connectivity index (χ4n) is 3.39. The molecule has 2 aromatic heterocycles. The predicted octanol–water partition coefficient (Wildman–Crippen LogP) is 4.12. The maximum absolute atomic E-state index is 13.2. The average molecular weight is 452 g/mol. The molecule has 32 heavy (non-hydrogen) atoms. The molecule has 1 aromatic carbocycles. The molecule has 1 fully saturated rings. The van der Waals surface area contributed by atoms with Crippen LogP contribution in [0.1, 0.15) is 25.7 Å². The van der Waals surface area contributed by atoms with Crippen LogP contribution in [0.25, 0.3) is 11.0 Å². The Morgan fingerprint density at radius 2 is 1.88 bits per heavy atom. The number of hydrogen-bond acceptors (Lipinski definition) is 8. The molecule has 0 atom stereocenters. The fraction of sp³-hybridized carbons (Fsp3) is 0.400. The zero-order chi connectivity index (χ0) is 22.7. The monoisotopic (exact) mass is 452 g/mol. The number of aliphatic hydroxyl groups is 1. The van der Waals surface area contributed by atoms with Crippen LogP contribution in [0, 0.1) is 0 Å². The number of nitrogens with zero attached hydrogens (tertiary/aromatic N) is 4. The summed E-state index contributed by atoms with van der Waals surface area (Å²) in [5.74, 6) is 0.206. The number of halogens is 4. The molecule has 0 amide bonds. The minimum Gasteiger partial charge on any atom is -0.428 e. The molecule has 0 saturated heterocycles. The summed E-state index contributed by atoms with van der Waals surface area (Å²) in [6.07, 6.45) is -3.07. The lowest BCUT2D eigenvalue weighted by atomic mass is 9.93. The number of anilines is 3. The van der Waals surface area contributed by atoms with Crippen molar-refractivity contribution in [3.63, 3.8) is 0 Å². The van der Waals surface area contributed by atoms with Crippen LogP contribution < -0.4 is 15.4 Å². The van der Waals surface area contributed by atoms with E-state index in [9.17, 15) is 22.7 Å². The van der Waals surface area contributed by atoms with E-state index >= 15 is 0 Å². The maximum atomic E-state index is 13.2. The zero-order valence-electron chi connectivity index (χ0n) is 16.7. The van der Waals surface area contributed by atoms with E-state index in [2.05, 4.69) is 35.3 Å². The molecule has 0 radical (unpaired) electrons. The van der Waals surface area contributed by atoms with Gasteiger partial charge in [-0.25, -0.2) is 19.9 Å². The lowest BCUT2D eigenvalue weighted by Gasteiger charge is -2.26. The van der Waals surface area contributed by atoms with Crippen molar-refractivity contribution in [3.05, 3.63) is 36.8 Å². The second-order valence-electron chi connectivity index (χ2n) is 7.42. The largest absolute Gasteiger partial charge is 0.461 e. The molecular formula is C20H20F4N6O2. The zero-order valence-corrected chi connectivity index (χ0v) is 16.7. The van der Waals surface area contributed by atoms with Gasteiger partial charge in [0.25, 0.3) is 0 Å². The van der Waals surface area contributed by atoms with Gasteiger partial charge >= 0.3 is 12.5 Å². The summed E-state index contributed by atoms with van der Waals surface area (Å²) < 4.78 is 55.4. The molecule has 0 bridgehead atoms. The molecule has 1 saturated carbocycles. The second-order valence-corrected chi connectivity index (χ2v) is 7.42. The minimum atomic E-state index is -4.61. The Morgan fingerprint density at radius 3 is 2.62 bits per heavy atom. The van der Waals surface area contributed by atoms with Gasteiger partial charge in [-0.2, -0.15) is 17.6 Å². The number of fused-ring (bicyclic) bond motifs is 1. The van der Waals surface area contributed by atoms with Gasteiger partial charge in [-0.15, -0.1) is 0 Å². The number of aromatic nitrogens is 4. The van der Waals surface area contributed by atoms with Gasteiger partial charge in [0.1, 0.15) is 23.1 Å². The Labute approximate surface area is 180 Å². The lowest BCUT2D eigenvalue weighted by Crippen LogP contribution is -2.33. The van der Waals surface area contributed by atoms with Gasteiger partial charge in [-0.1, -0.05) is 6.07 Å². The number of nitrogens with one attached hydrogen (secondary N) is 2. The number of hydrogen-bond donors (Lipinski definition) is 3. The van der Waals surface area contributed by atoms with Gasteiger partial charge in [-0.05, 0) is 37.8 Å². The van der Waals surface area contributed by atoms with E-state index in [-0.39, 0.29) is 23.7 Å². The van der Waals surface area contributed by atoms with Crippen molar-refractivity contribution in [2.75, 3.05) is 10.6 Å². The van der Waals surface area contributed by atoms with Gasteiger partial charge < -0.3 is 20.5 Å². The van der Waals surface area contributed by atoms with Crippen LogP contribution in [0.5, 0.6) is 5.75 Å². The van der Waals surface area contributed by atoms with Crippen molar-refractivity contribution in [2.24, 2.45) is 0 Å². The summed E-state index contributed by atoms with van der Waals surface area (Å²) in [4.78, 5) is 17.0. The third-order valence-electron chi connectivity index (χ3n) is 5.01. The van der Waals surface area contributed by atoms with E-state index in [1.54, 1.807) is 0 Å². The maximum Gasteiger partial charge on any atom is 0.461 e. The average Bonchev–Trinajstić information content (AvgIpc) is 2.76. The fourth-order valence-corrected chi connectivity index (χ4v) is 3.39. The van der Waals surface area contributed by atoms with E-state index < -0.39 is 18.3 Å². The van der Waals surface area contributed by atoms with Crippen molar-refractivity contribution in [1.82, 2.24) is 19.9 Å². The molecule has 0 aliphatic heterocycles. The first kappa shape index (κ1) is 21.9. The Balaban J connectivity index is 1.55. The summed E-state index contributed by atoms with van der Waals surface area (Å²) >= 11 is 0. The number of aliphatic hydroxyl groups excluding tert-OH is 1.